The molecule has 6 nitrogen and oxygen atoms in total. The number of hydrogen-bond acceptors (Lipinski definition) is 6. The van der Waals surface area contributed by atoms with Gasteiger partial charge in [0.05, 0.1) is 30.4 Å². The van der Waals surface area contributed by atoms with Crippen LogP contribution >= 0.6 is 11.8 Å². The van der Waals surface area contributed by atoms with Crippen molar-refractivity contribution in [3.05, 3.63) is 12.4 Å². The highest BCUT2D eigenvalue weighted by Gasteiger charge is 2.20. The summed E-state index contributed by atoms with van der Waals surface area (Å²) >= 11 is 1.54. The minimum atomic E-state index is -0.117. The van der Waals surface area contributed by atoms with Gasteiger partial charge in [-0.15, -0.1) is 0 Å². The molecule has 32 heavy (non-hydrogen) atoms. The molecule has 2 aromatic heterocycles. The average molecular weight is 461 g/mol. The summed E-state index contributed by atoms with van der Waals surface area (Å²) in [4.78, 5) is 24.2. The van der Waals surface area contributed by atoms with Gasteiger partial charge in [-0.25, -0.2) is 9.97 Å². The highest BCUT2D eigenvalue weighted by molar-refractivity contribution is 7.99. The largest absolute Gasteiger partial charge is 0.465 e. The monoisotopic (exact) mass is 460 g/mol. The number of nitrogens with zero attached hydrogens (tertiary/aromatic N) is 4. The Balaban J connectivity index is 1.59. The van der Waals surface area contributed by atoms with Crippen molar-refractivity contribution in [2.24, 2.45) is 5.92 Å². The van der Waals surface area contributed by atoms with Gasteiger partial charge >= 0.3 is 5.97 Å². The molecular formula is C25H40N4O2S. The third kappa shape index (κ3) is 6.63. The van der Waals surface area contributed by atoms with Gasteiger partial charge in [-0.2, -0.15) is 0 Å². The summed E-state index contributed by atoms with van der Waals surface area (Å²) in [7, 11) is 0. The molecule has 0 bridgehead atoms. The van der Waals surface area contributed by atoms with E-state index in [-0.39, 0.29) is 5.97 Å². The maximum Gasteiger partial charge on any atom is 0.306 e. The standard InChI is InChI=1S/C25H40N4O2S/c1-5-7-11-20(6-2)18-31-23(30)12-15-32-25-26-16-21-24(27-25)22(17-29(21)19(3)4)28-13-9-8-10-14-28/h16-17,19-20H,5-15,18H2,1-4H3. The predicted octanol–water partition coefficient (Wildman–Crippen LogP) is 6.24. The van der Waals surface area contributed by atoms with Gasteiger partial charge in [0.1, 0.15) is 5.52 Å². The molecule has 178 valence electrons. The number of fused-ring (bicyclic) bond motifs is 1. The normalized spacial score (nSPS) is 15.5. The van der Waals surface area contributed by atoms with Crippen molar-refractivity contribution in [2.75, 3.05) is 30.3 Å². The van der Waals surface area contributed by atoms with Crippen LogP contribution in [-0.4, -0.2) is 46.0 Å². The molecule has 7 heteroatoms. The molecule has 0 aromatic carbocycles. The molecular weight excluding hydrogens is 420 g/mol. The lowest BCUT2D eigenvalue weighted by molar-refractivity contribution is -0.144. The number of anilines is 1. The second kappa shape index (κ2) is 12.5. The first-order valence-electron chi connectivity index (χ1n) is 12.4. The molecule has 0 N–H and O–H groups in total. The van der Waals surface area contributed by atoms with Gasteiger partial charge in [0.25, 0.3) is 0 Å². The summed E-state index contributed by atoms with van der Waals surface area (Å²) in [5.74, 6) is 1.00. The molecule has 1 fully saturated rings. The van der Waals surface area contributed by atoms with Gasteiger partial charge in [0, 0.05) is 31.1 Å². The van der Waals surface area contributed by atoms with E-state index in [4.69, 9.17) is 9.72 Å². The van der Waals surface area contributed by atoms with Crippen molar-refractivity contribution < 1.29 is 9.53 Å². The fraction of sp³-hybridized carbons (Fsp3) is 0.720. The molecule has 1 saturated heterocycles. The van der Waals surface area contributed by atoms with Crippen LogP contribution < -0.4 is 4.90 Å². The van der Waals surface area contributed by atoms with Gasteiger partial charge in [-0.1, -0.05) is 44.9 Å². The summed E-state index contributed by atoms with van der Waals surface area (Å²) in [5.41, 5.74) is 3.33. The van der Waals surface area contributed by atoms with Gasteiger partial charge < -0.3 is 14.2 Å². The van der Waals surface area contributed by atoms with Crippen LogP contribution in [0.3, 0.4) is 0 Å². The Morgan fingerprint density at radius 3 is 2.69 bits per heavy atom. The Kier molecular flexibility index (Phi) is 9.69. The second-order valence-corrected chi connectivity index (χ2v) is 10.2. The molecule has 0 aliphatic carbocycles. The van der Waals surface area contributed by atoms with Crippen LogP contribution in [0.4, 0.5) is 5.69 Å². The first-order valence-corrected chi connectivity index (χ1v) is 13.4. The summed E-state index contributed by atoms with van der Waals surface area (Å²) in [5, 5.41) is 0.736. The predicted molar refractivity (Wildman–Crippen MR) is 134 cm³/mol. The minimum absolute atomic E-state index is 0.117. The minimum Gasteiger partial charge on any atom is -0.465 e. The summed E-state index contributed by atoms with van der Waals surface area (Å²) < 4.78 is 7.80. The lowest BCUT2D eigenvalue weighted by atomic mass is 10.0. The highest BCUT2D eigenvalue weighted by atomic mass is 32.2. The van der Waals surface area contributed by atoms with E-state index in [1.165, 1.54) is 49.6 Å². The van der Waals surface area contributed by atoms with Crippen LogP contribution in [0.25, 0.3) is 11.0 Å². The number of hydrogen-bond donors (Lipinski definition) is 0. The van der Waals surface area contributed by atoms with Crippen molar-refractivity contribution in [3.63, 3.8) is 0 Å². The highest BCUT2D eigenvalue weighted by Crippen LogP contribution is 2.32. The third-order valence-corrected chi connectivity index (χ3v) is 7.21. The van der Waals surface area contributed by atoms with Crippen LogP contribution in [0.2, 0.25) is 0 Å². The van der Waals surface area contributed by atoms with Gasteiger partial charge in [0.2, 0.25) is 0 Å². The molecule has 0 saturated carbocycles. The molecule has 0 amide bonds. The van der Waals surface area contributed by atoms with Gasteiger partial charge in [-0.3, -0.25) is 4.79 Å². The van der Waals surface area contributed by atoms with E-state index in [0.29, 0.717) is 30.7 Å². The Morgan fingerprint density at radius 1 is 1.22 bits per heavy atom. The van der Waals surface area contributed by atoms with Crippen molar-refractivity contribution >= 4 is 34.5 Å². The van der Waals surface area contributed by atoms with Crippen LogP contribution in [0, 0.1) is 5.92 Å². The van der Waals surface area contributed by atoms with E-state index in [2.05, 4.69) is 48.3 Å². The van der Waals surface area contributed by atoms with Crippen LogP contribution in [-0.2, 0) is 9.53 Å². The zero-order valence-corrected chi connectivity index (χ0v) is 21.1. The molecule has 1 unspecified atom stereocenters. The lowest BCUT2D eigenvalue weighted by Gasteiger charge is -2.27. The lowest BCUT2D eigenvalue weighted by Crippen LogP contribution is -2.29. The molecule has 2 aromatic rings. The second-order valence-electron chi connectivity index (χ2n) is 9.15. The van der Waals surface area contributed by atoms with Crippen molar-refractivity contribution in [1.82, 2.24) is 14.5 Å². The van der Waals surface area contributed by atoms with Crippen molar-refractivity contribution in [2.45, 2.75) is 90.3 Å². The van der Waals surface area contributed by atoms with Gasteiger partial charge in [0.15, 0.2) is 5.16 Å². The van der Waals surface area contributed by atoms with E-state index in [9.17, 15) is 4.79 Å². The number of rotatable bonds is 12. The Morgan fingerprint density at radius 2 is 2.00 bits per heavy atom. The first kappa shape index (κ1) is 24.9. The molecule has 1 aliphatic rings. The van der Waals surface area contributed by atoms with Crippen LogP contribution in [0.15, 0.2) is 17.6 Å². The molecule has 3 rings (SSSR count). The first-order chi connectivity index (χ1) is 15.5. The number of aromatic nitrogens is 3. The van der Waals surface area contributed by atoms with Crippen LogP contribution in [0.5, 0.6) is 0 Å². The van der Waals surface area contributed by atoms with E-state index in [1.54, 1.807) is 0 Å². The molecule has 0 spiro atoms. The van der Waals surface area contributed by atoms with Gasteiger partial charge in [-0.05, 0) is 45.4 Å². The topological polar surface area (TPSA) is 60.2 Å². The maximum atomic E-state index is 12.2. The zero-order valence-electron chi connectivity index (χ0n) is 20.3. The average Bonchev–Trinajstić information content (AvgIpc) is 3.19. The SMILES string of the molecule is CCCCC(CC)COC(=O)CCSc1ncc2c(n1)c(N1CCCCC1)cn2C(C)C. The Labute approximate surface area is 197 Å². The molecule has 1 aliphatic heterocycles. The smallest absolute Gasteiger partial charge is 0.306 e. The number of carbonyl (C=O) groups excluding carboxylic acids is 1. The molecule has 0 radical (unpaired) electrons. The Hall–Kier alpha value is -1.76. The van der Waals surface area contributed by atoms with E-state index < -0.39 is 0 Å². The number of thioether (sulfide) groups is 1. The number of unbranched alkanes of at least 4 members (excludes halogenated alkanes) is 1. The summed E-state index contributed by atoms with van der Waals surface area (Å²) in [6.45, 7) is 11.5. The maximum absolute atomic E-state index is 12.2. The summed E-state index contributed by atoms with van der Waals surface area (Å²) in [6, 6.07) is 0.359. The van der Waals surface area contributed by atoms with E-state index in [1.807, 2.05) is 6.20 Å². The van der Waals surface area contributed by atoms with E-state index in [0.717, 1.165) is 42.1 Å². The number of ether oxygens (including phenoxy) is 1. The third-order valence-electron chi connectivity index (χ3n) is 6.34. The fourth-order valence-corrected chi connectivity index (χ4v) is 5.00. The summed E-state index contributed by atoms with van der Waals surface area (Å²) in [6.07, 6.45) is 12.9. The number of piperidine rings is 1. The van der Waals surface area contributed by atoms with E-state index >= 15 is 0 Å². The van der Waals surface area contributed by atoms with Crippen molar-refractivity contribution in [3.8, 4) is 0 Å². The Bertz CT molecular complexity index is 861. The number of esters is 1. The quantitative estimate of drug-likeness (QED) is 0.212. The van der Waals surface area contributed by atoms with Crippen molar-refractivity contribution in [1.29, 1.82) is 0 Å². The molecule has 1 atom stereocenters. The number of carbonyl (C=O) groups is 1. The zero-order chi connectivity index (χ0) is 22.9. The van der Waals surface area contributed by atoms with Crippen LogP contribution in [0.1, 0.15) is 85.1 Å². The fourth-order valence-electron chi connectivity index (χ4n) is 4.27. The molecule has 3 heterocycles.